The third-order valence-corrected chi connectivity index (χ3v) is 2.75. The van der Waals surface area contributed by atoms with E-state index in [1.807, 2.05) is 7.05 Å². The average molecular weight is 219 g/mol. The first-order chi connectivity index (χ1) is 7.20. The lowest BCUT2D eigenvalue weighted by Gasteiger charge is -2.03. The molecule has 15 heavy (non-hydrogen) atoms. The van der Waals surface area contributed by atoms with Crippen LogP contribution in [0.5, 0.6) is 0 Å². The lowest BCUT2D eigenvalue weighted by Crippen LogP contribution is -1.91. The molecule has 0 radical (unpaired) electrons. The number of benzene rings is 1. The molecule has 4 heteroatoms. The number of rotatable bonds is 2. The number of aromatic nitrogens is 2. The summed E-state index contributed by atoms with van der Waals surface area (Å²) in [5.74, 6) is 0.852. The topological polar surface area (TPSA) is 37.8 Å². The molecule has 0 unspecified atom stereocenters. The molecule has 0 atom stereocenters. The van der Waals surface area contributed by atoms with E-state index in [1.54, 1.807) is 0 Å². The minimum atomic E-state index is 0.852. The van der Waals surface area contributed by atoms with Gasteiger partial charge in [-0.15, -0.1) is 0 Å². The molecule has 1 heterocycles. The van der Waals surface area contributed by atoms with Crippen LogP contribution < -0.4 is 5.32 Å². The number of nitrogens with one attached hydrogen (secondary N) is 1. The van der Waals surface area contributed by atoms with Gasteiger partial charge in [0, 0.05) is 12.6 Å². The zero-order chi connectivity index (χ0) is 10.8. The van der Waals surface area contributed by atoms with Crippen LogP contribution in [0.15, 0.2) is 18.2 Å². The Balaban J connectivity index is 2.53. The maximum absolute atomic E-state index is 4.31. The Labute approximate surface area is 93.5 Å². The summed E-state index contributed by atoms with van der Waals surface area (Å²) in [5.41, 5.74) is 4.57. The van der Waals surface area contributed by atoms with Crippen molar-refractivity contribution in [1.82, 2.24) is 8.75 Å². The molecule has 1 aromatic carbocycles. The Hall–Kier alpha value is -1.42. The van der Waals surface area contributed by atoms with E-state index in [4.69, 9.17) is 0 Å². The van der Waals surface area contributed by atoms with E-state index in [-0.39, 0.29) is 0 Å². The average Bonchev–Trinajstić information content (AvgIpc) is 2.63. The molecular formula is C11H13N3S. The van der Waals surface area contributed by atoms with E-state index in [9.17, 15) is 0 Å². The van der Waals surface area contributed by atoms with Gasteiger partial charge in [-0.25, -0.2) is 0 Å². The number of aryl methyl sites for hydroxylation is 2. The fraction of sp³-hybridized carbons (Fsp3) is 0.273. The van der Waals surface area contributed by atoms with Gasteiger partial charge in [-0.05, 0) is 26.0 Å². The first-order valence-corrected chi connectivity index (χ1v) is 5.52. The number of hydrogen-bond donors (Lipinski definition) is 1. The maximum atomic E-state index is 4.31. The molecule has 3 nitrogen and oxygen atoms in total. The van der Waals surface area contributed by atoms with Crippen LogP contribution in [0.1, 0.15) is 11.1 Å². The fourth-order valence-corrected chi connectivity index (χ4v) is 2.23. The molecule has 1 N–H and O–H groups in total. The van der Waals surface area contributed by atoms with Crippen LogP contribution in [-0.4, -0.2) is 15.8 Å². The molecule has 2 aromatic rings. The van der Waals surface area contributed by atoms with Gasteiger partial charge in [-0.2, -0.15) is 8.75 Å². The smallest absolute Gasteiger partial charge is 0.167 e. The summed E-state index contributed by atoms with van der Waals surface area (Å²) < 4.78 is 8.50. The SMILES string of the molecule is CNc1nsnc1-c1cc(C)cc(C)c1. The lowest BCUT2D eigenvalue weighted by molar-refractivity contribution is 1.35. The van der Waals surface area contributed by atoms with Gasteiger partial charge in [0.25, 0.3) is 0 Å². The van der Waals surface area contributed by atoms with Crippen LogP contribution in [0.2, 0.25) is 0 Å². The van der Waals surface area contributed by atoms with Gasteiger partial charge in [0.15, 0.2) is 5.82 Å². The third-order valence-electron chi connectivity index (χ3n) is 2.22. The Morgan fingerprint density at radius 2 is 1.73 bits per heavy atom. The molecule has 0 bridgehead atoms. The van der Waals surface area contributed by atoms with Crippen molar-refractivity contribution >= 4 is 17.5 Å². The second kappa shape index (κ2) is 3.98. The Morgan fingerprint density at radius 3 is 2.33 bits per heavy atom. The van der Waals surface area contributed by atoms with Crippen LogP contribution in [-0.2, 0) is 0 Å². The highest BCUT2D eigenvalue weighted by atomic mass is 32.1. The number of hydrogen-bond acceptors (Lipinski definition) is 4. The summed E-state index contributed by atoms with van der Waals surface area (Å²) >= 11 is 1.23. The predicted molar refractivity (Wildman–Crippen MR) is 64.4 cm³/mol. The molecule has 0 amide bonds. The van der Waals surface area contributed by atoms with Crippen LogP contribution in [0.3, 0.4) is 0 Å². The largest absolute Gasteiger partial charge is 0.370 e. The van der Waals surface area contributed by atoms with Crippen molar-refractivity contribution in [3.05, 3.63) is 29.3 Å². The summed E-state index contributed by atoms with van der Waals surface area (Å²) in [6, 6.07) is 6.41. The zero-order valence-corrected chi connectivity index (χ0v) is 9.85. The predicted octanol–water partition coefficient (Wildman–Crippen LogP) is 2.86. The zero-order valence-electron chi connectivity index (χ0n) is 9.03. The summed E-state index contributed by atoms with van der Waals surface area (Å²) in [7, 11) is 1.86. The maximum Gasteiger partial charge on any atom is 0.167 e. The molecule has 78 valence electrons. The van der Waals surface area contributed by atoms with Crippen molar-refractivity contribution in [2.24, 2.45) is 0 Å². The minimum Gasteiger partial charge on any atom is -0.370 e. The van der Waals surface area contributed by atoms with Gasteiger partial charge in [-0.1, -0.05) is 17.2 Å². The molecule has 1 aromatic heterocycles. The van der Waals surface area contributed by atoms with E-state index in [0.29, 0.717) is 0 Å². The van der Waals surface area contributed by atoms with Gasteiger partial charge < -0.3 is 5.32 Å². The minimum absolute atomic E-state index is 0.852. The second-order valence-electron chi connectivity index (χ2n) is 3.59. The summed E-state index contributed by atoms with van der Waals surface area (Å²) in [6.07, 6.45) is 0. The van der Waals surface area contributed by atoms with Gasteiger partial charge in [0.2, 0.25) is 0 Å². The Kier molecular flexibility index (Phi) is 2.68. The van der Waals surface area contributed by atoms with Gasteiger partial charge in [0.1, 0.15) is 5.69 Å². The molecule has 0 spiro atoms. The second-order valence-corrected chi connectivity index (χ2v) is 4.12. The Bertz CT molecular complexity index is 456. The summed E-state index contributed by atoms with van der Waals surface area (Å²) in [4.78, 5) is 0. The van der Waals surface area contributed by atoms with E-state index in [0.717, 1.165) is 17.1 Å². The molecular weight excluding hydrogens is 206 g/mol. The van der Waals surface area contributed by atoms with Crippen LogP contribution in [0.4, 0.5) is 5.82 Å². The molecule has 2 rings (SSSR count). The third kappa shape index (κ3) is 1.99. The highest BCUT2D eigenvalue weighted by molar-refractivity contribution is 6.99. The summed E-state index contributed by atoms with van der Waals surface area (Å²) in [6.45, 7) is 4.19. The standard InChI is InChI=1S/C11H13N3S/c1-7-4-8(2)6-9(5-7)10-11(12-3)14-15-13-10/h4-6H,1-3H3,(H,12,14). The molecule has 0 saturated carbocycles. The molecule has 0 saturated heterocycles. The van der Waals surface area contributed by atoms with Crippen molar-refractivity contribution in [1.29, 1.82) is 0 Å². The van der Waals surface area contributed by atoms with Crippen molar-refractivity contribution < 1.29 is 0 Å². The first kappa shape index (κ1) is 10.1. The number of anilines is 1. The van der Waals surface area contributed by atoms with Crippen molar-refractivity contribution in [3.63, 3.8) is 0 Å². The first-order valence-electron chi connectivity index (χ1n) is 4.79. The highest BCUT2D eigenvalue weighted by Crippen LogP contribution is 2.27. The monoisotopic (exact) mass is 219 g/mol. The molecule has 0 aliphatic carbocycles. The lowest BCUT2D eigenvalue weighted by atomic mass is 10.1. The van der Waals surface area contributed by atoms with Crippen molar-refractivity contribution in [3.8, 4) is 11.3 Å². The van der Waals surface area contributed by atoms with E-state index in [1.165, 1.54) is 22.9 Å². The van der Waals surface area contributed by atoms with Gasteiger partial charge in [-0.3, -0.25) is 0 Å². The van der Waals surface area contributed by atoms with E-state index >= 15 is 0 Å². The molecule has 0 fully saturated rings. The van der Waals surface area contributed by atoms with Crippen molar-refractivity contribution in [2.75, 3.05) is 12.4 Å². The summed E-state index contributed by atoms with van der Waals surface area (Å²) in [5, 5.41) is 3.05. The molecule has 0 aliphatic heterocycles. The van der Waals surface area contributed by atoms with Gasteiger partial charge >= 0.3 is 0 Å². The highest BCUT2D eigenvalue weighted by Gasteiger charge is 2.09. The quantitative estimate of drug-likeness (QED) is 0.844. The van der Waals surface area contributed by atoms with E-state index < -0.39 is 0 Å². The molecule has 0 aliphatic rings. The Morgan fingerprint density at radius 1 is 1.07 bits per heavy atom. The van der Waals surface area contributed by atoms with Crippen LogP contribution in [0.25, 0.3) is 11.3 Å². The van der Waals surface area contributed by atoms with Crippen LogP contribution in [0, 0.1) is 13.8 Å². The van der Waals surface area contributed by atoms with Gasteiger partial charge in [0.05, 0.1) is 11.7 Å². The fourth-order valence-electron chi connectivity index (χ4n) is 1.65. The van der Waals surface area contributed by atoms with Crippen LogP contribution >= 0.6 is 11.7 Å². The van der Waals surface area contributed by atoms with E-state index in [2.05, 4.69) is 46.1 Å². The normalized spacial score (nSPS) is 10.3. The number of nitrogens with zero attached hydrogens (tertiary/aromatic N) is 2. The van der Waals surface area contributed by atoms with Crippen molar-refractivity contribution in [2.45, 2.75) is 13.8 Å².